The molecule has 0 spiro atoms. The molecule has 0 fully saturated rings. The topological polar surface area (TPSA) is 127 Å². The number of nitrogens with zero attached hydrogens (tertiary/aromatic N) is 1. The summed E-state index contributed by atoms with van der Waals surface area (Å²) in [4.78, 5) is 21.0. The lowest BCUT2D eigenvalue weighted by Gasteiger charge is -2.18. The highest BCUT2D eigenvalue weighted by atomic mass is 35.5. The summed E-state index contributed by atoms with van der Waals surface area (Å²) in [5.74, 6) is -1.99. The standard InChI is InChI=1S/C15H12ClFN2O6S/c16-13-6-3-10(19(22)23)7-12(13)14(8-15(20)21)18-26(24,25)11-4-1-9(17)2-5-11/h1-7,14,18H,8H2,(H,20,21). The van der Waals surface area contributed by atoms with Crippen LogP contribution in [0.5, 0.6) is 0 Å². The molecule has 26 heavy (non-hydrogen) atoms. The number of nitro benzene ring substituents is 1. The first-order chi connectivity index (χ1) is 12.1. The van der Waals surface area contributed by atoms with Crippen molar-refractivity contribution >= 4 is 33.3 Å². The molecule has 8 nitrogen and oxygen atoms in total. The van der Waals surface area contributed by atoms with Crippen LogP contribution in [-0.4, -0.2) is 24.4 Å². The third kappa shape index (κ3) is 4.75. The van der Waals surface area contributed by atoms with E-state index in [9.17, 15) is 27.7 Å². The maximum Gasteiger partial charge on any atom is 0.305 e. The second-order valence-electron chi connectivity index (χ2n) is 5.19. The highest BCUT2D eigenvalue weighted by Gasteiger charge is 2.26. The van der Waals surface area contributed by atoms with Gasteiger partial charge >= 0.3 is 5.97 Å². The van der Waals surface area contributed by atoms with E-state index in [0.717, 1.165) is 36.4 Å². The van der Waals surface area contributed by atoms with E-state index in [4.69, 9.17) is 16.7 Å². The molecular formula is C15H12ClFN2O6S. The van der Waals surface area contributed by atoms with Gasteiger partial charge in [0.15, 0.2) is 0 Å². The van der Waals surface area contributed by atoms with Crippen molar-refractivity contribution in [3.05, 3.63) is 69.0 Å². The molecule has 2 aromatic rings. The second-order valence-corrected chi connectivity index (χ2v) is 7.31. The Morgan fingerprint density at radius 3 is 2.42 bits per heavy atom. The molecule has 11 heteroatoms. The maximum absolute atomic E-state index is 13.0. The summed E-state index contributed by atoms with van der Waals surface area (Å²) in [7, 11) is -4.23. The van der Waals surface area contributed by atoms with Crippen LogP contribution in [0.3, 0.4) is 0 Å². The van der Waals surface area contributed by atoms with Gasteiger partial charge in [-0.2, -0.15) is 0 Å². The summed E-state index contributed by atoms with van der Waals surface area (Å²) >= 11 is 5.97. The first-order valence-electron chi connectivity index (χ1n) is 7.03. The van der Waals surface area contributed by atoms with Gasteiger partial charge in [0.2, 0.25) is 10.0 Å². The molecule has 0 saturated heterocycles. The van der Waals surface area contributed by atoms with Gasteiger partial charge in [-0.3, -0.25) is 14.9 Å². The lowest BCUT2D eigenvalue weighted by molar-refractivity contribution is -0.384. The van der Waals surface area contributed by atoms with Crippen molar-refractivity contribution in [2.45, 2.75) is 17.4 Å². The fraction of sp³-hybridized carbons (Fsp3) is 0.133. The highest BCUT2D eigenvalue weighted by Crippen LogP contribution is 2.30. The summed E-state index contributed by atoms with van der Waals surface area (Å²) < 4.78 is 40.0. The predicted octanol–water partition coefficient (Wildman–Crippen LogP) is 2.88. The molecule has 0 aromatic heterocycles. The Balaban J connectivity index is 2.45. The van der Waals surface area contributed by atoms with Gasteiger partial charge in [-0.15, -0.1) is 0 Å². The van der Waals surface area contributed by atoms with Gasteiger partial charge in [0.05, 0.1) is 22.3 Å². The third-order valence-corrected chi connectivity index (χ3v) is 5.20. The molecule has 0 radical (unpaired) electrons. The van der Waals surface area contributed by atoms with E-state index in [-0.39, 0.29) is 21.2 Å². The highest BCUT2D eigenvalue weighted by molar-refractivity contribution is 7.89. The summed E-state index contributed by atoms with van der Waals surface area (Å²) in [6.45, 7) is 0. The number of hydrogen-bond acceptors (Lipinski definition) is 5. The van der Waals surface area contributed by atoms with Gasteiger partial charge in [0, 0.05) is 17.2 Å². The van der Waals surface area contributed by atoms with Crippen molar-refractivity contribution in [3.63, 3.8) is 0 Å². The molecule has 0 heterocycles. The van der Waals surface area contributed by atoms with E-state index in [1.54, 1.807) is 0 Å². The van der Waals surface area contributed by atoms with Crippen LogP contribution in [0.25, 0.3) is 0 Å². The number of non-ortho nitro benzene ring substituents is 1. The Hall–Kier alpha value is -2.56. The molecule has 1 unspecified atom stereocenters. The molecule has 2 aromatic carbocycles. The molecule has 0 amide bonds. The van der Waals surface area contributed by atoms with E-state index in [1.807, 2.05) is 0 Å². The van der Waals surface area contributed by atoms with Crippen LogP contribution in [0.4, 0.5) is 10.1 Å². The lowest BCUT2D eigenvalue weighted by atomic mass is 10.0. The maximum atomic E-state index is 13.0. The number of carboxylic acids is 1. The molecule has 0 aliphatic rings. The molecule has 0 saturated carbocycles. The number of halogens is 2. The fourth-order valence-electron chi connectivity index (χ4n) is 2.17. The number of carbonyl (C=O) groups is 1. The monoisotopic (exact) mass is 402 g/mol. The smallest absolute Gasteiger partial charge is 0.305 e. The van der Waals surface area contributed by atoms with Crippen LogP contribution in [0.1, 0.15) is 18.0 Å². The van der Waals surface area contributed by atoms with Crippen molar-refractivity contribution in [3.8, 4) is 0 Å². The molecule has 0 aliphatic heterocycles. The van der Waals surface area contributed by atoms with Crippen LogP contribution in [0, 0.1) is 15.9 Å². The van der Waals surface area contributed by atoms with Crippen LogP contribution < -0.4 is 4.72 Å². The van der Waals surface area contributed by atoms with E-state index in [0.29, 0.717) is 0 Å². The quantitative estimate of drug-likeness (QED) is 0.541. The van der Waals surface area contributed by atoms with Gasteiger partial charge in [0.25, 0.3) is 5.69 Å². The predicted molar refractivity (Wildman–Crippen MR) is 89.8 cm³/mol. The van der Waals surface area contributed by atoms with Crippen molar-refractivity contribution in [2.24, 2.45) is 0 Å². The summed E-state index contributed by atoms with van der Waals surface area (Å²) in [5.41, 5.74) is -0.435. The van der Waals surface area contributed by atoms with E-state index in [2.05, 4.69) is 4.72 Å². The normalized spacial score (nSPS) is 12.5. The lowest BCUT2D eigenvalue weighted by Crippen LogP contribution is -2.30. The Morgan fingerprint density at radius 1 is 1.27 bits per heavy atom. The summed E-state index contributed by atoms with van der Waals surface area (Å²) in [6, 6.07) is 5.80. The Morgan fingerprint density at radius 2 is 1.88 bits per heavy atom. The zero-order valence-electron chi connectivity index (χ0n) is 12.9. The van der Waals surface area contributed by atoms with Crippen LogP contribution in [-0.2, 0) is 14.8 Å². The van der Waals surface area contributed by atoms with Crippen molar-refractivity contribution in [2.75, 3.05) is 0 Å². The van der Waals surface area contributed by atoms with Crippen LogP contribution in [0.15, 0.2) is 47.4 Å². The second kappa shape index (κ2) is 7.77. The molecule has 1 atom stereocenters. The number of sulfonamides is 1. The van der Waals surface area contributed by atoms with Gasteiger partial charge in [0.1, 0.15) is 5.82 Å². The number of rotatable bonds is 7. The molecule has 0 aliphatic carbocycles. The van der Waals surface area contributed by atoms with Gasteiger partial charge < -0.3 is 5.11 Å². The first kappa shape index (κ1) is 19.8. The molecule has 2 N–H and O–H groups in total. The van der Waals surface area contributed by atoms with E-state index < -0.39 is 39.2 Å². The number of aliphatic carboxylic acids is 1. The zero-order chi connectivity index (χ0) is 19.5. The van der Waals surface area contributed by atoms with Crippen molar-refractivity contribution < 1.29 is 27.6 Å². The van der Waals surface area contributed by atoms with Crippen molar-refractivity contribution in [1.82, 2.24) is 4.72 Å². The van der Waals surface area contributed by atoms with E-state index in [1.165, 1.54) is 6.07 Å². The zero-order valence-corrected chi connectivity index (χ0v) is 14.5. The summed E-state index contributed by atoms with van der Waals surface area (Å²) in [6.07, 6.45) is -0.707. The number of benzene rings is 2. The van der Waals surface area contributed by atoms with Gasteiger partial charge in [-0.25, -0.2) is 17.5 Å². The minimum absolute atomic E-state index is 0.0383. The number of hydrogen-bond donors (Lipinski definition) is 2. The van der Waals surface area contributed by atoms with Crippen molar-refractivity contribution in [1.29, 1.82) is 0 Å². The average molecular weight is 403 g/mol. The first-order valence-corrected chi connectivity index (χ1v) is 8.90. The van der Waals surface area contributed by atoms with Crippen LogP contribution >= 0.6 is 11.6 Å². The largest absolute Gasteiger partial charge is 0.481 e. The minimum Gasteiger partial charge on any atom is -0.481 e. The van der Waals surface area contributed by atoms with Crippen LogP contribution in [0.2, 0.25) is 5.02 Å². The minimum atomic E-state index is -4.23. The molecular weight excluding hydrogens is 391 g/mol. The fourth-order valence-corrected chi connectivity index (χ4v) is 3.64. The Labute approximate surface area is 152 Å². The SMILES string of the molecule is O=C(O)CC(NS(=O)(=O)c1ccc(F)cc1)c1cc([N+](=O)[O-])ccc1Cl. The van der Waals surface area contributed by atoms with Gasteiger partial charge in [-0.1, -0.05) is 11.6 Å². The number of nitrogens with one attached hydrogen (secondary N) is 1. The number of nitro groups is 1. The van der Waals surface area contributed by atoms with E-state index >= 15 is 0 Å². The summed E-state index contributed by atoms with van der Waals surface area (Å²) in [5, 5.41) is 19.9. The Bertz CT molecular complexity index is 949. The Kier molecular flexibility index (Phi) is 5.90. The average Bonchev–Trinajstić information content (AvgIpc) is 2.54. The number of carboxylic acid groups (broad SMARTS) is 1. The third-order valence-electron chi connectivity index (χ3n) is 3.37. The molecule has 138 valence electrons. The van der Waals surface area contributed by atoms with Gasteiger partial charge in [-0.05, 0) is 35.9 Å². The molecule has 2 rings (SSSR count). The molecule has 0 bridgehead atoms.